The average molecular weight is 474 g/mol. The van der Waals surface area contributed by atoms with E-state index < -0.39 is 15.9 Å². The zero-order valence-electron chi connectivity index (χ0n) is 18.4. The Bertz CT molecular complexity index is 1240. The number of carbonyl (C=O) groups excluding carboxylic acids is 2. The topological polar surface area (TPSA) is 135 Å². The first-order valence-electron chi connectivity index (χ1n) is 11.2. The van der Waals surface area contributed by atoms with E-state index in [0.29, 0.717) is 18.8 Å². The molecule has 2 aliphatic carbocycles. The van der Waals surface area contributed by atoms with E-state index in [1.165, 1.54) is 18.7 Å². The van der Waals surface area contributed by atoms with Gasteiger partial charge in [0, 0.05) is 31.5 Å². The largest absolute Gasteiger partial charge is 0.477 e. The van der Waals surface area contributed by atoms with Crippen LogP contribution in [-0.2, 0) is 45.3 Å². The third kappa shape index (κ3) is 4.05. The molecule has 176 valence electrons. The predicted octanol–water partition coefficient (Wildman–Crippen LogP) is 2.89. The summed E-state index contributed by atoms with van der Waals surface area (Å²) < 4.78 is 36.2. The van der Waals surface area contributed by atoms with Crippen LogP contribution in [0, 0.1) is 4.78 Å². The van der Waals surface area contributed by atoms with Gasteiger partial charge in [-0.1, -0.05) is 6.07 Å². The van der Waals surface area contributed by atoms with Crippen LogP contribution in [0.15, 0.2) is 17.2 Å². The zero-order chi connectivity index (χ0) is 23.2. The molecule has 0 saturated carbocycles. The maximum absolute atomic E-state index is 13.1. The van der Waals surface area contributed by atoms with Gasteiger partial charge in [0.2, 0.25) is 5.88 Å². The number of benzene rings is 1. The van der Waals surface area contributed by atoms with Crippen LogP contribution in [0.5, 0.6) is 5.88 Å². The second-order valence-electron chi connectivity index (χ2n) is 8.71. The van der Waals surface area contributed by atoms with Gasteiger partial charge in [-0.2, -0.15) is 5.10 Å². The van der Waals surface area contributed by atoms with Crippen LogP contribution in [-0.4, -0.2) is 39.2 Å². The van der Waals surface area contributed by atoms with Gasteiger partial charge in [-0.05, 0) is 54.4 Å². The van der Waals surface area contributed by atoms with Gasteiger partial charge in [-0.15, -0.1) is 0 Å². The second-order valence-corrected chi connectivity index (χ2v) is 10.5. The van der Waals surface area contributed by atoms with Crippen molar-refractivity contribution in [1.82, 2.24) is 14.5 Å². The summed E-state index contributed by atoms with van der Waals surface area (Å²) in [5, 5.41) is 7.03. The van der Waals surface area contributed by atoms with Crippen molar-refractivity contribution in [1.29, 1.82) is 4.78 Å². The Morgan fingerprint density at radius 1 is 1.30 bits per heavy atom. The maximum Gasteiger partial charge on any atom is 0.331 e. The number of hydrogen-bond acceptors (Lipinski definition) is 7. The Balaban J connectivity index is 1.42. The second kappa shape index (κ2) is 8.36. The number of urea groups is 1. The first-order valence-corrected chi connectivity index (χ1v) is 12.8. The predicted molar refractivity (Wildman–Crippen MR) is 120 cm³/mol. The Hall–Kier alpha value is -3.08. The fourth-order valence-corrected chi connectivity index (χ4v) is 6.09. The number of hydrogen-bond donors (Lipinski definition) is 3. The molecule has 3 N–H and O–H groups in total. The number of esters is 1. The molecule has 11 heteroatoms. The van der Waals surface area contributed by atoms with Gasteiger partial charge >= 0.3 is 12.0 Å². The van der Waals surface area contributed by atoms with Crippen molar-refractivity contribution in [3.8, 4) is 5.88 Å². The fraction of sp³-hybridized carbons (Fsp3) is 0.500. The Morgan fingerprint density at radius 2 is 2.15 bits per heavy atom. The molecule has 3 aliphatic rings. The van der Waals surface area contributed by atoms with Crippen LogP contribution < -0.4 is 14.8 Å². The molecule has 5 rings (SSSR count). The van der Waals surface area contributed by atoms with Crippen LogP contribution in [0.25, 0.3) is 0 Å². The molecule has 0 fully saturated rings. The molecule has 2 unspecified atom stereocenters. The molecule has 1 aliphatic heterocycles. The molecule has 2 amide bonds. The molecule has 10 nitrogen and oxygen atoms in total. The molecule has 33 heavy (non-hydrogen) atoms. The van der Waals surface area contributed by atoms with Gasteiger partial charge in [-0.25, -0.2) is 23.2 Å². The van der Waals surface area contributed by atoms with Gasteiger partial charge in [0.05, 0.1) is 19.4 Å². The molecule has 0 saturated heterocycles. The number of nitrogens with one attached hydrogen (secondary N) is 3. The molecule has 0 spiro atoms. The van der Waals surface area contributed by atoms with E-state index in [2.05, 4.69) is 21.2 Å². The maximum atomic E-state index is 13.1. The first kappa shape index (κ1) is 21.7. The molecule has 0 radical (unpaired) electrons. The number of ether oxygens (including phenoxy) is 2. The van der Waals surface area contributed by atoms with Gasteiger partial charge in [-0.3, -0.25) is 4.79 Å². The highest BCUT2D eigenvalue weighted by atomic mass is 32.2. The van der Waals surface area contributed by atoms with E-state index in [1.54, 1.807) is 4.68 Å². The molecule has 1 aromatic heterocycles. The summed E-state index contributed by atoms with van der Waals surface area (Å²) in [6.07, 6.45) is 6.56. The molecule has 1 aromatic carbocycles. The van der Waals surface area contributed by atoms with Crippen LogP contribution in [0.3, 0.4) is 0 Å². The summed E-state index contributed by atoms with van der Waals surface area (Å²) in [4.78, 5) is 24.4. The van der Waals surface area contributed by atoms with Crippen molar-refractivity contribution < 1.29 is 23.3 Å². The number of carbonyl (C=O) groups is 2. The highest BCUT2D eigenvalue weighted by Crippen LogP contribution is 2.44. The number of aromatic nitrogens is 2. The summed E-state index contributed by atoms with van der Waals surface area (Å²) >= 11 is 0. The Labute approximate surface area is 192 Å². The number of nitrogens with zero attached hydrogens (tertiary/aromatic N) is 2. The lowest BCUT2D eigenvalue weighted by molar-refractivity contribution is -0.141. The standard InChI is InChI=1S/C22H27N5O5S/c1-13(28)32-12-16-7-6-15-10-14-4-2-5-17(14)20(19(15)16)25-22(29)26-33(23,30)18-11-24-27-8-3-9-31-21(18)27/h10-11,16H,2-9,12H2,1H3,(H3,23,25,26,29,30). The minimum atomic E-state index is -3.68. The summed E-state index contributed by atoms with van der Waals surface area (Å²) in [5.74, 6) is -0.0800. The van der Waals surface area contributed by atoms with Crippen molar-refractivity contribution in [2.45, 2.75) is 62.8 Å². The first-order chi connectivity index (χ1) is 15.8. The van der Waals surface area contributed by atoms with Gasteiger partial charge in [0.15, 0.2) is 9.92 Å². The number of rotatable bonds is 5. The van der Waals surface area contributed by atoms with Crippen molar-refractivity contribution in [3.05, 3.63) is 34.5 Å². The van der Waals surface area contributed by atoms with E-state index in [9.17, 15) is 13.8 Å². The normalized spacial score (nSPS) is 20.1. The lowest BCUT2D eigenvalue weighted by Gasteiger charge is -2.21. The molecule has 2 aromatic rings. The van der Waals surface area contributed by atoms with Crippen LogP contribution in [0.2, 0.25) is 0 Å². The van der Waals surface area contributed by atoms with Crippen molar-refractivity contribution >= 4 is 27.6 Å². The van der Waals surface area contributed by atoms with Gasteiger partial charge in [0.1, 0.15) is 4.90 Å². The quantitative estimate of drug-likeness (QED) is 0.572. The molecule has 2 atom stereocenters. The Morgan fingerprint density at radius 3 is 2.97 bits per heavy atom. The van der Waals surface area contributed by atoms with E-state index in [-0.39, 0.29) is 29.3 Å². The van der Waals surface area contributed by atoms with E-state index >= 15 is 0 Å². The van der Waals surface area contributed by atoms with Gasteiger partial charge < -0.3 is 14.8 Å². The summed E-state index contributed by atoms with van der Waals surface area (Å²) in [6.45, 7) is 2.71. The van der Waals surface area contributed by atoms with Crippen molar-refractivity contribution in [2.24, 2.45) is 0 Å². The summed E-state index contributed by atoms with van der Waals surface area (Å²) in [7, 11) is -3.68. The summed E-state index contributed by atoms with van der Waals surface area (Å²) in [6, 6.07) is 1.49. The molecule has 2 heterocycles. The lowest BCUT2D eigenvalue weighted by Crippen LogP contribution is -2.34. The third-order valence-corrected chi connectivity index (χ3v) is 7.85. The average Bonchev–Trinajstić information content (AvgIpc) is 3.49. The number of aryl methyl sites for hydroxylation is 3. The van der Waals surface area contributed by atoms with Crippen molar-refractivity contribution in [2.75, 3.05) is 18.5 Å². The number of anilines is 1. The SMILES string of the molecule is CC(=O)OCC1CCc2cc3c(c(NC(=O)NS(=N)(=O)c4cnn5c4OCCC5)c21)CCC3. The molecule has 0 bridgehead atoms. The fourth-order valence-electron chi connectivity index (χ4n) is 5.06. The number of amides is 2. The third-order valence-electron chi connectivity index (χ3n) is 6.48. The van der Waals surface area contributed by atoms with Crippen LogP contribution in [0.1, 0.15) is 54.4 Å². The smallest absolute Gasteiger partial charge is 0.331 e. The highest BCUT2D eigenvalue weighted by Gasteiger charge is 2.32. The highest BCUT2D eigenvalue weighted by molar-refractivity contribution is 7.91. The van der Waals surface area contributed by atoms with E-state index in [0.717, 1.165) is 55.2 Å². The molecular formula is C22H27N5O5S. The minimum absolute atomic E-state index is 0.0125. The minimum Gasteiger partial charge on any atom is -0.477 e. The van der Waals surface area contributed by atoms with Crippen LogP contribution in [0.4, 0.5) is 10.5 Å². The van der Waals surface area contributed by atoms with Crippen LogP contribution >= 0.6 is 0 Å². The zero-order valence-corrected chi connectivity index (χ0v) is 19.3. The number of fused-ring (bicyclic) bond motifs is 3. The molecular weight excluding hydrogens is 446 g/mol. The van der Waals surface area contributed by atoms with Crippen molar-refractivity contribution in [3.63, 3.8) is 0 Å². The monoisotopic (exact) mass is 473 g/mol. The van der Waals surface area contributed by atoms with E-state index in [1.807, 2.05) is 0 Å². The lowest BCUT2D eigenvalue weighted by atomic mass is 9.94. The summed E-state index contributed by atoms with van der Waals surface area (Å²) in [5.41, 5.74) is 5.11. The Kier molecular flexibility index (Phi) is 5.51. The van der Waals surface area contributed by atoms with E-state index in [4.69, 9.17) is 14.3 Å². The van der Waals surface area contributed by atoms with Gasteiger partial charge in [0.25, 0.3) is 0 Å².